The normalized spacial score (nSPS) is 28.7. The molecular formula is C24H36O3. The summed E-state index contributed by atoms with van der Waals surface area (Å²) in [5, 5.41) is 0. The fraction of sp³-hybridized carbons (Fsp3) is 0.708. The smallest absolute Gasteiger partial charge is 0.188 e. The summed E-state index contributed by atoms with van der Waals surface area (Å²) in [6, 6.07) is 6.00. The molecule has 2 unspecified atom stereocenters. The van der Waals surface area contributed by atoms with Crippen molar-refractivity contribution in [3.8, 4) is 5.75 Å². The molecule has 0 spiro atoms. The van der Waals surface area contributed by atoms with Gasteiger partial charge in [0.15, 0.2) is 13.1 Å². The molecule has 0 bridgehead atoms. The van der Waals surface area contributed by atoms with Crippen LogP contribution in [0.15, 0.2) is 18.2 Å². The van der Waals surface area contributed by atoms with E-state index >= 15 is 0 Å². The molecule has 1 aromatic rings. The fourth-order valence-corrected chi connectivity index (χ4v) is 5.57. The monoisotopic (exact) mass is 372 g/mol. The maximum Gasteiger partial charge on any atom is 0.188 e. The lowest BCUT2D eigenvalue weighted by molar-refractivity contribution is 0.0490. The zero-order valence-corrected chi connectivity index (χ0v) is 17.1. The lowest BCUT2D eigenvalue weighted by Crippen LogP contribution is -2.26. The summed E-state index contributed by atoms with van der Waals surface area (Å²) in [6.45, 7) is 2.50. The van der Waals surface area contributed by atoms with E-state index in [1.807, 2.05) is 12.1 Å². The minimum absolute atomic E-state index is 0.190. The standard InChI is InChI=1S/C24H36O3/c1-3-6-18-11-13-19(14-12-18)20-7-4-8-21(15-20)23-10-5-9-22(16-25)24(23)27-17-26-2/h5,9-10,16,18-21H,3-4,6-8,11-15,17H2,1-2H3. The van der Waals surface area contributed by atoms with E-state index < -0.39 is 0 Å². The van der Waals surface area contributed by atoms with Crippen LogP contribution < -0.4 is 4.74 Å². The topological polar surface area (TPSA) is 35.5 Å². The van der Waals surface area contributed by atoms with Crippen molar-refractivity contribution in [2.45, 2.75) is 77.0 Å². The SMILES string of the molecule is CCCC1CCC(C2CCCC(c3cccc(C=O)c3OCOC)C2)CC1. The highest BCUT2D eigenvalue weighted by Gasteiger charge is 2.33. The Morgan fingerprint density at radius 3 is 2.59 bits per heavy atom. The number of rotatable bonds is 8. The molecule has 0 N–H and O–H groups in total. The highest BCUT2D eigenvalue weighted by atomic mass is 16.7. The van der Waals surface area contributed by atoms with Gasteiger partial charge in [-0.15, -0.1) is 0 Å². The van der Waals surface area contributed by atoms with Gasteiger partial charge in [-0.25, -0.2) is 0 Å². The molecule has 2 aliphatic carbocycles. The summed E-state index contributed by atoms with van der Waals surface area (Å²) in [7, 11) is 1.62. The molecule has 1 aromatic carbocycles. The van der Waals surface area contributed by atoms with Crippen LogP contribution in [0.1, 0.15) is 93.0 Å². The van der Waals surface area contributed by atoms with Crippen LogP contribution in [0.3, 0.4) is 0 Å². The molecule has 0 radical (unpaired) electrons. The quantitative estimate of drug-likeness (QED) is 0.393. The third-order valence-electron chi connectivity index (χ3n) is 6.93. The Balaban J connectivity index is 1.68. The minimum atomic E-state index is 0.190. The van der Waals surface area contributed by atoms with Crippen LogP contribution in [0, 0.1) is 17.8 Å². The molecule has 3 heteroatoms. The fourth-order valence-electron chi connectivity index (χ4n) is 5.57. The number of methoxy groups -OCH3 is 1. The first-order valence-corrected chi connectivity index (χ1v) is 11.0. The van der Waals surface area contributed by atoms with Gasteiger partial charge >= 0.3 is 0 Å². The van der Waals surface area contributed by atoms with Gasteiger partial charge in [0.05, 0.1) is 5.56 Å². The summed E-state index contributed by atoms with van der Waals surface area (Å²) in [5.41, 5.74) is 1.85. The van der Waals surface area contributed by atoms with Gasteiger partial charge in [0, 0.05) is 7.11 Å². The Hall–Kier alpha value is -1.35. The van der Waals surface area contributed by atoms with Crippen molar-refractivity contribution >= 4 is 6.29 Å². The highest BCUT2D eigenvalue weighted by Crippen LogP contribution is 2.47. The average Bonchev–Trinajstić information content (AvgIpc) is 2.73. The van der Waals surface area contributed by atoms with Crippen LogP contribution in [0.5, 0.6) is 5.75 Å². The van der Waals surface area contributed by atoms with Gasteiger partial charge in [-0.2, -0.15) is 0 Å². The van der Waals surface area contributed by atoms with Crippen molar-refractivity contribution in [2.24, 2.45) is 17.8 Å². The summed E-state index contributed by atoms with van der Waals surface area (Å²) in [6.07, 6.45) is 14.5. The van der Waals surface area contributed by atoms with Gasteiger partial charge in [0.2, 0.25) is 0 Å². The second-order valence-corrected chi connectivity index (χ2v) is 8.63. The first-order chi connectivity index (χ1) is 13.3. The van der Waals surface area contributed by atoms with Gasteiger partial charge in [-0.3, -0.25) is 4.79 Å². The molecule has 2 fully saturated rings. The number of hydrogen-bond acceptors (Lipinski definition) is 3. The maximum atomic E-state index is 11.5. The Morgan fingerprint density at radius 2 is 1.89 bits per heavy atom. The van der Waals surface area contributed by atoms with Crippen molar-refractivity contribution in [1.29, 1.82) is 0 Å². The maximum absolute atomic E-state index is 11.5. The van der Waals surface area contributed by atoms with E-state index in [2.05, 4.69) is 13.0 Å². The number of carbonyl (C=O) groups excluding carboxylic acids is 1. The number of benzene rings is 1. The lowest BCUT2D eigenvalue weighted by Gasteiger charge is -2.39. The lowest BCUT2D eigenvalue weighted by atomic mass is 9.67. The van der Waals surface area contributed by atoms with Crippen LogP contribution in [-0.4, -0.2) is 20.2 Å². The van der Waals surface area contributed by atoms with E-state index in [0.717, 1.165) is 29.8 Å². The summed E-state index contributed by atoms with van der Waals surface area (Å²) in [5.74, 6) is 3.96. The zero-order valence-electron chi connectivity index (χ0n) is 17.1. The number of hydrogen-bond donors (Lipinski definition) is 0. The third-order valence-corrected chi connectivity index (χ3v) is 6.93. The summed E-state index contributed by atoms with van der Waals surface area (Å²) >= 11 is 0. The molecule has 0 aliphatic heterocycles. The minimum Gasteiger partial charge on any atom is -0.467 e. The van der Waals surface area contributed by atoms with E-state index in [1.54, 1.807) is 7.11 Å². The first-order valence-electron chi connectivity index (χ1n) is 11.0. The molecule has 3 rings (SSSR count). The van der Waals surface area contributed by atoms with Gasteiger partial charge < -0.3 is 9.47 Å². The first kappa shape index (κ1) is 20.4. The van der Waals surface area contributed by atoms with Crippen molar-refractivity contribution < 1.29 is 14.3 Å². The van der Waals surface area contributed by atoms with Gasteiger partial charge in [0.25, 0.3) is 0 Å². The predicted molar refractivity (Wildman–Crippen MR) is 109 cm³/mol. The van der Waals surface area contributed by atoms with Gasteiger partial charge in [-0.1, -0.05) is 57.6 Å². The van der Waals surface area contributed by atoms with Crippen LogP contribution >= 0.6 is 0 Å². The third kappa shape index (κ3) is 5.13. The predicted octanol–water partition coefficient (Wildman–Crippen LogP) is 6.36. The molecule has 0 saturated heterocycles. The van der Waals surface area contributed by atoms with Gasteiger partial charge in [0.1, 0.15) is 5.75 Å². The molecule has 0 amide bonds. The Bertz CT molecular complexity index is 589. The van der Waals surface area contributed by atoms with Crippen molar-refractivity contribution in [2.75, 3.05) is 13.9 Å². The van der Waals surface area contributed by atoms with E-state index in [0.29, 0.717) is 11.5 Å². The van der Waals surface area contributed by atoms with Crippen LogP contribution in [0.2, 0.25) is 0 Å². The van der Waals surface area contributed by atoms with E-state index in [4.69, 9.17) is 9.47 Å². The molecule has 27 heavy (non-hydrogen) atoms. The molecule has 2 atom stereocenters. The van der Waals surface area contributed by atoms with E-state index in [1.165, 1.54) is 69.8 Å². The van der Waals surface area contributed by atoms with Gasteiger partial charge in [-0.05, 0) is 61.0 Å². The largest absolute Gasteiger partial charge is 0.467 e. The van der Waals surface area contributed by atoms with Crippen LogP contribution in [0.25, 0.3) is 0 Å². The Kier molecular flexibility index (Phi) is 7.75. The number of ether oxygens (including phenoxy) is 2. The second kappa shape index (κ2) is 10.3. The number of carbonyl (C=O) groups is 1. The summed E-state index contributed by atoms with van der Waals surface area (Å²) in [4.78, 5) is 11.5. The zero-order chi connectivity index (χ0) is 19.1. The Morgan fingerprint density at radius 1 is 1.07 bits per heavy atom. The summed E-state index contributed by atoms with van der Waals surface area (Å²) < 4.78 is 10.9. The van der Waals surface area contributed by atoms with E-state index in [9.17, 15) is 4.79 Å². The van der Waals surface area contributed by atoms with E-state index in [-0.39, 0.29) is 6.79 Å². The van der Waals surface area contributed by atoms with Crippen molar-refractivity contribution in [3.05, 3.63) is 29.3 Å². The van der Waals surface area contributed by atoms with Crippen LogP contribution in [0.4, 0.5) is 0 Å². The molecule has 2 saturated carbocycles. The van der Waals surface area contributed by atoms with Crippen LogP contribution in [-0.2, 0) is 4.74 Å². The number of aldehydes is 1. The second-order valence-electron chi connectivity index (χ2n) is 8.63. The molecule has 3 nitrogen and oxygen atoms in total. The van der Waals surface area contributed by atoms with Crippen molar-refractivity contribution in [3.63, 3.8) is 0 Å². The highest BCUT2D eigenvalue weighted by molar-refractivity contribution is 5.80. The molecule has 150 valence electrons. The number of para-hydroxylation sites is 1. The molecular weight excluding hydrogens is 336 g/mol. The molecule has 0 heterocycles. The Labute approximate surface area is 164 Å². The van der Waals surface area contributed by atoms with Crippen molar-refractivity contribution in [1.82, 2.24) is 0 Å². The molecule has 0 aromatic heterocycles. The molecule has 2 aliphatic rings. The average molecular weight is 373 g/mol.